The van der Waals surface area contributed by atoms with E-state index in [9.17, 15) is 25.2 Å². The molecule has 6 atom stereocenters. The van der Waals surface area contributed by atoms with E-state index in [1.54, 1.807) is 0 Å². The number of aliphatic hydroxyl groups is 5. The molecule has 1 saturated heterocycles. The number of carboxylic acids is 1. The first-order valence-corrected chi connectivity index (χ1v) is 6.05. The minimum Gasteiger partial charge on any atom is -0.481 e. The average Bonchev–Trinajstić information content (AvgIpc) is 2.38. The summed E-state index contributed by atoms with van der Waals surface area (Å²) in [5.74, 6) is -1.76. The Morgan fingerprint density at radius 1 is 1.11 bits per heavy atom. The summed E-state index contributed by atoms with van der Waals surface area (Å²) in [6, 6.07) is 0. The Labute approximate surface area is 109 Å². The van der Waals surface area contributed by atoms with Gasteiger partial charge in [-0.15, -0.1) is 0 Å². The standard InChI is InChI=1S/C11H20O8/c12-3-5(1-2-7(14)15)11-10(18)9(17)8(16)6(4-13)19-11/h5-6,8-13,16-18H,1-4H2,(H,14,15)/t5?,6-,8+,9+,10-,11+/m1/s1. The van der Waals surface area contributed by atoms with Gasteiger partial charge in [-0.05, 0) is 6.42 Å². The summed E-state index contributed by atoms with van der Waals surface area (Å²) in [7, 11) is 0. The lowest BCUT2D eigenvalue weighted by Crippen LogP contribution is -2.60. The van der Waals surface area contributed by atoms with Crippen molar-refractivity contribution in [2.45, 2.75) is 43.4 Å². The van der Waals surface area contributed by atoms with Crippen molar-refractivity contribution in [1.29, 1.82) is 0 Å². The third-order valence-electron chi connectivity index (χ3n) is 3.36. The lowest BCUT2D eigenvalue weighted by Gasteiger charge is -2.42. The van der Waals surface area contributed by atoms with Gasteiger partial charge in [0.05, 0.1) is 12.7 Å². The number of aliphatic hydroxyl groups excluding tert-OH is 5. The van der Waals surface area contributed by atoms with Crippen molar-refractivity contribution in [3.8, 4) is 0 Å². The SMILES string of the molecule is O=C(O)CCC(CO)[C@@H]1O[C@H](CO)[C@H](O)[C@H](O)[C@H]1O. The molecular formula is C11H20O8. The van der Waals surface area contributed by atoms with E-state index in [0.717, 1.165) is 0 Å². The molecule has 0 saturated carbocycles. The predicted molar refractivity (Wildman–Crippen MR) is 61.2 cm³/mol. The van der Waals surface area contributed by atoms with Gasteiger partial charge in [0.25, 0.3) is 0 Å². The topological polar surface area (TPSA) is 148 Å². The molecule has 112 valence electrons. The zero-order valence-electron chi connectivity index (χ0n) is 10.3. The fourth-order valence-electron chi connectivity index (χ4n) is 2.19. The molecule has 19 heavy (non-hydrogen) atoms. The number of rotatable bonds is 6. The van der Waals surface area contributed by atoms with Crippen LogP contribution in [0.4, 0.5) is 0 Å². The Morgan fingerprint density at radius 2 is 1.74 bits per heavy atom. The van der Waals surface area contributed by atoms with Gasteiger partial charge in [-0.1, -0.05) is 0 Å². The van der Waals surface area contributed by atoms with Crippen LogP contribution in [-0.4, -0.2) is 80.3 Å². The van der Waals surface area contributed by atoms with E-state index in [-0.39, 0.29) is 12.8 Å². The van der Waals surface area contributed by atoms with E-state index < -0.39 is 55.6 Å². The second-order valence-electron chi connectivity index (χ2n) is 4.67. The van der Waals surface area contributed by atoms with Crippen molar-refractivity contribution in [2.75, 3.05) is 13.2 Å². The highest BCUT2D eigenvalue weighted by Gasteiger charge is 2.45. The van der Waals surface area contributed by atoms with Crippen LogP contribution in [0.5, 0.6) is 0 Å². The summed E-state index contributed by atoms with van der Waals surface area (Å²) in [5, 5.41) is 55.9. The minimum absolute atomic E-state index is 0.0501. The molecule has 0 radical (unpaired) electrons. The molecule has 0 bridgehead atoms. The maximum Gasteiger partial charge on any atom is 0.303 e. The van der Waals surface area contributed by atoms with Crippen LogP contribution < -0.4 is 0 Å². The van der Waals surface area contributed by atoms with Crippen molar-refractivity contribution in [3.05, 3.63) is 0 Å². The van der Waals surface area contributed by atoms with Crippen molar-refractivity contribution >= 4 is 5.97 Å². The largest absolute Gasteiger partial charge is 0.481 e. The van der Waals surface area contributed by atoms with Gasteiger partial charge in [0.1, 0.15) is 24.4 Å². The Morgan fingerprint density at radius 3 is 2.21 bits per heavy atom. The molecule has 6 N–H and O–H groups in total. The molecular weight excluding hydrogens is 260 g/mol. The predicted octanol–water partition coefficient (Wildman–Crippen LogP) is -2.70. The lowest BCUT2D eigenvalue weighted by molar-refractivity contribution is -0.244. The minimum atomic E-state index is -1.52. The molecule has 1 heterocycles. The third kappa shape index (κ3) is 3.85. The monoisotopic (exact) mass is 280 g/mol. The fraction of sp³-hybridized carbons (Fsp3) is 0.909. The van der Waals surface area contributed by atoms with Crippen LogP contribution in [0.3, 0.4) is 0 Å². The summed E-state index contributed by atoms with van der Waals surface area (Å²) in [5.41, 5.74) is 0. The summed E-state index contributed by atoms with van der Waals surface area (Å²) in [4.78, 5) is 10.5. The highest BCUT2D eigenvalue weighted by molar-refractivity contribution is 5.66. The Hall–Kier alpha value is -0.770. The van der Waals surface area contributed by atoms with E-state index in [1.807, 2.05) is 0 Å². The lowest BCUT2D eigenvalue weighted by atomic mass is 9.86. The van der Waals surface area contributed by atoms with Gasteiger partial charge in [-0.25, -0.2) is 0 Å². The van der Waals surface area contributed by atoms with Crippen LogP contribution in [0, 0.1) is 5.92 Å². The number of hydrogen-bond acceptors (Lipinski definition) is 7. The summed E-state index contributed by atoms with van der Waals surface area (Å²) < 4.78 is 5.25. The van der Waals surface area contributed by atoms with Gasteiger partial charge in [-0.2, -0.15) is 0 Å². The maximum absolute atomic E-state index is 10.5. The van der Waals surface area contributed by atoms with Crippen LogP contribution in [0.1, 0.15) is 12.8 Å². The number of ether oxygens (including phenoxy) is 1. The van der Waals surface area contributed by atoms with E-state index in [2.05, 4.69) is 0 Å². The quantitative estimate of drug-likeness (QED) is 0.308. The molecule has 1 aliphatic rings. The van der Waals surface area contributed by atoms with Gasteiger partial charge in [0, 0.05) is 18.9 Å². The zero-order chi connectivity index (χ0) is 14.6. The van der Waals surface area contributed by atoms with Crippen LogP contribution in [0.15, 0.2) is 0 Å². The summed E-state index contributed by atoms with van der Waals surface area (Å²) >= 11 is 0. The number of aliphatic carboxylic acids is 1. The van der Waals surface area contributed by atoms with Crippen molar-refractivity contribution in [3.63, 3.8) is 0 Å². The molecule has 0 amide bonds. The Kier molecular flexibility index (Phi) is 6.11. The first-order chi connectivity index (χ1) is 8.92. The van der Waals surface area contributed by atoms with E-state index in [1.165, 1.54) is 0 Å². The molecule has 1 unspecified atom stereocenters. The van der Waals surface area contributed by atoms with Crippen molar-refractivity contribution in [1.82, 2.24) is 0 Å². The maximum atomic E-state index is 10.5. The van der Waals surface area contributed by atoms with Gasteiger partial charge in [0.2, 0.25) is 0 Å². The van der Waals surface area contributed by atoms with Gasteiger partial charge in [0.15, 0.2) is 0 Å². The zero-order valence-corrected chi connectivity index (χ0v) is 10.3. The van der Waals surface area contributed by atoms with E-state index in [4.69, 9.17) is 14.9 Å². The molecule has 8 nitrogen and oxygen atoms in total. The Bertz CT molecular complexity index is 294. The number of carboxylic acid groups (broad SMARTS) is 1. The molecule has 0 spiro atoms. The molecule has 0 aromatic carbocycles. The first kappa shape index (κ1) is 16.3. The summed E-state index contributed by atoms with van der Waals surface area (Å²) in [6.07, 6.45) is -6.70. The second kappa shape index (κ2) is 7.13. The number of carbonyl (C=O) groups is 1. The van der Waals surface area contributed by atoms with Crippen LogP contribution in [-0.2, 0) is 9.53 Å². The second-order valence-corrected chi connectivity index (χ2v) is 4.67. The van der Waals surface area contributed by atoms with Gasteiger partial charge >= 0.3 is 5.97 Å². The van der Waals surface area contributed by atoms with E-state index >= 15 is 0 Å². The summed E-state index contributed by atoms with van der Waals surface area (Å²) in [6.45, 7) is -0.992. The van der Waals surface area contributed by atoms with Crippen LogP contribution >= 0.6 is 0 Å². The molecule has 1 rings (SSSR count). The van der Waals surface area contributed by atoms with Crippen LogP contribution in [0.2, 0.25) is 0 Å². The molecule has 1 aliphatic heterocycles. The van der Waals surface area contributed by atoms with Crippen molar-refractivity contribution in [2.24, 2.45) is 5.92 Å². The fourth-order valence-corrected chi connectivity index (χ4v) is 2.19. The van der Waals surface area contributed by atoms with Gasteiger partial charge < -0.3 is 35.4 Å². The molecule has 0 aliphatic carbocycles. The molecule has 1 fully saturated rings. The first-order valence-electron chi connectivity index (χ1n) is 6.05. The molecule has 8 heteroatoms. The normalized spacial score (nSPS) is 37.0. The molecule has 0 aromatic heterocycles. The van der Waals surface area contributed by atoms with Gasteiger partial charge in [-0.3, -0.25) is 4.79 Å². The van der Waals surface area contributed by atoms with Crippen LogP contribution in [0.25, 0.3) is 0 Å². The third-order valence-corrected chi connectivity index (χ3v) is 3.36. The molecule has 0 aromatic rings. The average molecular weight is 280 g/mol. The smallest absolute Gasteiger partial charge is 0.303 e. The van der Waals surface area contributed by atoms with Crippen molar-refractivity contribution < 1.29 is 40.2 Å². The number of hydrogen-bond donors (Lipinski definition) is 6. The highest BCUT2D eigenvalue weighted by atomic mass is 16.5. The Balaban J connectivity index is 2.74. The highest BCUT2D eigenvalue weighted by Crippen LogP contribution is 2.28. The van der Waals surface area contributed by atoms with E-state index in [0.29, 0.717) is 0 Å².